The molecule has 1 heterocycles. The maximum absolute atomic E-state index is 12.7. The molecule has 0 unspecified atom stereocenters. The van der Waals surface area contributed by atoms with Gasteiger partial charge in [-0.25, -0.2) is 4.79 Å². The van der Waals surface area contributed by atoms with Crippen LogP contribution in [0.2, 0.25) is 0 Å². The van der Waals surface area contributed by atoms with Crippen molar-refractivity contribution < 1.29 is 9.59 Å². The van der Waals surface area contributed by atoms with Gasteiger partial charge in [0, 0.05) is 6.54 Å². The molecule has 122 valence electrons. The van der Waals surface area contributed by atoms with Crippen LogP contribution >= 0.6 is 0 Å². The molecule has 2 fully saturated rings. The molecule has 1 spiro atoms. The summed E-state index contributed by atoms with van der Waals surface area (Å²) in [5.41, 5.74) is 0.432. The van der Waals surface area contributed by atoms with Crippen LogP contribution in [0.15, 0.2) is 36.4 Å². The normalized spacial score (nSPS) is 27.9. The molecule has 1 saturated carbocycles. The van der Waals surface area contributed by atoms with E-state index in [0.29, 0.717) is 12.5 Å². The minimum Gasteiger partial charge on any atom is -0.323 e. The zero-order valence-corrected chi connectivity index (χ0v) is 13.6. The van der Waals surface area contributed by atoms with Gasteiger partial charge in [0.05, 0.1) is 0 Å². The number of nitrogens with one attached hydrogen (secondary N) is 1. The number of carbonyl (C=O) groups excluding carboxylic acids is 2. The van der Waals surface area contributed by atoms with Gasteiger partial charge >= 0.3 is 6.03 Å². The van der Waals surface area contributed by atoms with Crippen LogP contribution in [-0.2, 0) is 4.79 Å². The molecule has 0 radical (unpaired) electrons. The molecule has 3 amide bonds. The van der Waals surface area contributed by atoms with Crippen LogP contribution in [0, 0.1) is 5.92 Å². The summed E-state index contributed by atoms with van der Waals surface area (Å²) in [4.78, 5) is 26.3. The van der Waals surface area contributed by atoms with Crippen molar-refractivity contribution >= 4 is 18.0 Å². The summed E-state index contributed by atoms with van der Waals surface area (Å²) >= 11 is 0. The Balaban J connectivity index is 1.64. The fraction of sp³-hybridized carbons (Fsp3) is 0.474. The van der Waals surface area contributed by atoms with Crippen LogP contribution in [0.5, 0.6) is 0 Å². The molecule has 1 aliphatic carbocycles. The molecule has 2 aliphatic rings. The molecule has 3 rings (SSSR count). The van der Waals surface area contributed by atoms with Crippen molar-refractivity contribution in [2.24, 2.45) is 5.92 Å². The number of hydrogen-bond acceptors (Lipinski definition) is 2. The van der Waals surface area contributed by atoms with Crippen LogP contribution in [-0.4, -0.2) is 28.9 Å². The molecule has 1 saturated heterocycles. The third kappa shape index (κ3) is 3.16. The van der Waals surface area contributed by atoms with Gasteiger partial charge in [0.2, 0.25) is 0 Å². The third-order valence-electron chi connectivity index (χ3n) is 5.18. The standard InChI is InChI=1S/C19H24N2O2/c1-2-15-10-12-19(13-11-15)17(22)21(18(23)20-19)14-6-9-16-7-4-3-5-8-16/h3-9,15H,2,10-14H2,1H3,(H,20,23)/b9-6+. The molecule has 0 aromatic heterocycles. The highest BCUT2D eigenvalue weighted by Crippen LogP contribution is 2.37. The predicted octanol–water partition coefficient (Wildman–Crippen LogP) is 3.59. The van der Waals surface area contributed by atoms with Crippen LogP contribution in [0.4, 0.5) is 4.79 Å². The number of imide groups is 1. The van der Waals surface area contributed by atoms with Gasteiger partial charge in [0.15, 0.2) is 0 Å². The van der Waals surface area contributed by atoms with E-state index in [0.717, 1.165) is 37.7 Å². The van der Waals surface area contributed by atoms with E-state index in [-0.39, 0.29) is 11.9 Å². The maximum atomic E-state index is 12.7. The molecule has 1 aliphatic heterocycles. The Morgan fingerprint density at radius 1 is 1.22 bits per heavy atom. The minimum absolute atomic E-state index is 0.0465. The maximum Gasteiger partial charge on any atom is 0.325 e. The lowest BCUT2D eigenvalue weighted by Gasteiger charge is -2.34. The molecule has 1 aromatic carbocycles. The van der Waals surface area contributed by atoms with E-state index in [2.05, 4.69) is 12.2 Å². The quantitative estimate of drug-likeness (QED) is 0.864. The molecule has 1 aromatic rings. The lowest BCUT2D eigenvalue weighted by molar-refractivity contribution is -0.132. The van der Waals surface area contributed by atoms with Gasteiger partial charge in [0.25, 0.3) is 5.91 Å². The monoisotopic (exact) mass is 312 g/mol. The zero-order valence-electron chi connectivity index (χ0n) is 13.6. The van der Waals surface area contributed by atoms with Gasteiger partial charge in [-0.15, -0.1) is 0 Å². The van der Waals surface area contributed by atoms with Gasteiger partial charge < -0.3 is 5.32 Å². The fourth-order valence-corrected chi connectivity index (χ4v) is 3.62. The molecule has 1 N–H and O–H groups in total. The smallest absolute Gasteiger partial charge is 0.323 e. The molecule has 4 nitrogen and oxygen atoms in total. The van der Waals surface area contributed by atoms with Crippen molar-refractivity contribution in [2.75, 3.05) is 6.54 Å². The SMILES string of the molecule is CCC1CCC2(CC1)NC(=O)N(C/C=C/c1ccccc1)C2=O. The first kappa shape index (κ1) is 15.8. The van der Waals surface area contributed by atoms with E-state index in [1.165, 1.54) is 4.90 Å². The van der Waals surface area contributed by atoms with Crippen LogP contribution < -0.4 is 5.32 Å². The number of urea groups is 1. The van der Waals surface area contributed by atoms with Gasteiger partial charge in [-0.3, -0.25) is 9.69 Å². The van der Waals surface area contributed by atoms with Crippen molar-refractivity contribution in [1.29, 1.82) is 0 Å². The Hall–Kier alpha value is -2.10. The lowest BCUT2D eigenvalue weighted by Crippen LogP contribution is -2.49. The molecule has 0 bridgehead atoms. The number of carbonyl (C=O) groups is 2. The van der Waals surface area contributed by atoms with Crippen molar-refractivity contribution in [1.82, 2.24) is 10.2 Å². The highest BCUT2D eigenvalue weighted by molar-refractivity contribution is 6.07. The summed E-state index contributed by atoms with van der Waals surface area (Å²) in [5.74, 6) is 0.645. The summed E-state index contributed by atoms with van der Waals surface area (Å²) in [6, 6.07) is 9.64. The zero-order chi connectivity index (χ0) is 16.3. The molecule has 0 atom stereocenters. The molecule has 23 heavy (non-hydrogen) atoms. The van der Waals surface area contributed by atoms with Crippen LogP contribution in [0.3, 0.4) is 0 Å². The van der Waals surface area contributed by atoms with Crippen molar-refractivity contribution in [3.05, 3.63) is 42.0 Å². The van der Waals surface area contributed by atoms with Gasteiger partial charge in [-0.05, 0) is 37.2 Å². The second-order valence-corrected chi connectivity index (χ2v) is 6.59. The third-order valence-corrected chi connectivity index (χ3v) is 5.18. The Bertz CT molecular complexity index is 601. The van der Waals surface area contributed by atoms with Crippen LogP contribution in [0.1, 0.15) is 44.6 Å². The number of hydrogen-bond donors (Lipinski definition) is 1. The first-order valence-electron chi connectivity index (χ1n) is 8.50. The summed E-state index contributed by atoms with van der Waals surface area (Å²) in [6.07, 6.45) is 8.57. The van der Waals surface area contributed by atoms with Crippen molar-refractivity contribution in [3.8, 4) is 0 Å². The minimum atomic E-state index is -0.636. The van der Waals surface area contributed by atoms with E-state index < -0.39 is 5.54 Å². The van der Waals surface area contributed by atoms with Crippen molar-refractivity contribution in [2.45, 2.75) is 44.6 Å². The fourth-order valence-electron chi connectivity index (χ4n) is 3.62. The molecule has 4 heteroatoms. The Labute approximate surface area is 137 Å². The summed E-state index contributed by atoms with van der Waals surface area (Å²) in [7, 11) is 0. The van der Waals surface area contributed by atoms with Crippen LogP contribution in [0.25, 0.3) is 6.08 Å². The summed E-state index contributed by atoms with van der Waals surface area (Å²) in [6.45, 7) is 2.52. The summed E-state index contributed by atoms with van der Waals surface area (Å²) < 4.78 is 0. The second kappa shape index (κ2) is 6.57. The van der Waals surface area contributed by atoms with Crippen molar-refractivity contribution in [3.63, 3.8) is 0 Å². The first-order valence-corrected chi connectivity index (χ1v) is 8.50. The Kier molecular flexibility index (Phi) is 4.51. The van der Waals surface area contributed by atoms with E-state index in [4.69, 9.17) is 0 Å². The van der Waals surface area contributed by atoms with Gasteiger partial charge in [-0.2, -0.15) is 0 Å². The second-order valence-electron chi connectivity index (χ2n) is 6.59. The highest BCUT2D eigenvalue weighted by atomic mass is 16.2. The number of benzene rings is 1. The summed E-state index contributed by atoms with van der Waals surface area (Å²) in [5, 5.41) is 2.97. The highest BCUT2D eigenvalue weighted by Gasteiger charge is 2.51. The van der Waals surface area contributed by atoms with E-state index >= 15 is 0 Å². The Morgan fingerprint density at radius 2 is 1.91 bits per heavy atom. The Morgan fingerprint density at radius 3 is 2.57 bits per heavy atom. The number of rotatable bonds is 4. The average molecular weight is 312 g/mol. The average Bonchev–Trinajstić information content (AvgIpc) is 2.81. The number of nitrogens with zero attached hydrogens (tertiary/aromatic N) is 1. The van der Waals surface area contributed by atoms with E-state index in [9.17, 15) is 9.59 Å². The lowest BCUT2D eigenvalue weighted by atomic mass is 9.75. The van der Waals surface area contributed by atoms with E-state index in [1.807, 2.05) is 42.5 Å². The topological polar surface area (TPSA) is 49.4 Å². The van der Waals surface area contributed by atoms with Gasteiger partial charge in [-0.1, -0.05) is 55.8 Å². The largest absolute Gasteiger partial charge is 0.325 e. The first-order chi connectivity index (χ1) is 11.1. The molecular formula is C19H24N2O2. The number of amides is 3. The van der Waals surface area contributed by atoms with Gasteiger partial charge in [0.1, 0.15) is 5.54 Å². The predicted molar refractivity (Wildman–Crippen MR) is 90.7 cm³/mol. The molecular weight excluding hydrogens is 288 g/mol. The van der Waals surface area contributed by atoms with E-state index in [1.54, 1.807) is 0 Å².